The van der Waals surface area contributed by atoms with Crippen molar-refractivity contribution in [3.63, 3.8) is 0 Å². The summed E-state index contributed by atoms with van der Waals surface area (Å²) in [6.45, 7) is 1.44. The predicted molar refractivity (Wildman–Crippen MR) is 62.7 cm³/mol. The topological polar surface area (TPSA) is 29.3 Å². The summed E-state index contributed by atoms with van der Waals surface area (Å²) < 4.78 is 39.6. The molecule has 0 atom stereocenters. The van der Waals surface area contributed by atoms with E-state index in [1.165, 1.54) is 11.4 Å². The second-order valence-corrected chi connectivity index (χ2v) is 3.88. The molecule has 0 saturated heterocycles. The molecule has 2 aromatic rings. The summed E-state index contributed by atoms with van der Waals surface area (Å²) in [6, 6.07) is 3.48. The molecule has 3 nitrogen and oxygen atoms in total. The summed E-state index contributed by atoms with van der Waals surface area (Å²) in [5.74, 6) is 0.532. The van der Waals surface area contributed by atoms with Crippen LogP contribution in [0, 0.1) is 6.92 Å². The van der Waals surface area contributed by atoms with E-state index in [-0.39, 0.29) is 5.56 Å². The van der Waals surface area contributed by atoms with Gasteiger partial charge < -0.3 is 5.32 Å². The molecule has 17 heavy (non-hydrogen) atoms. The Morgan fingerprint density at radius 3 is 2.53 bits per heavy atom. The number of aryl methyl sites for hydroxylation is 1. The normalized spacial score (nSPS) is 12.1. The average Bonchev–Trinajstić information content (AvgIpc) is 2.58. The van der Waals surface area contributed by atoms with Crippen molar-refractivity contribution in [1.82, 2.24) is 9.61 Å². The Hall–Kier alpha value is -1.66. The molecule has 0 spiro atoms. The number of anilines is 1. The Balaban J connectivity index is 2.85. The van der Waals surface area contributed by atoms with Crippen LogP contribution in [0.15, 0.2) is 12.1 Å². The number of aromatic nitrogens is 2. The van der Waals surface area contributed by atoms with Crippen LogP contribution in [0.25, 0.3) is 5.52 Å². The van der Waals surface area contributed by atoms with Crippen LogP contribution in [0.3, 0.4) is 0 Å². The molecule has 0 radical (unpaired) electrons. The number of halogens is 3. The lowest BCUT2D eigenvalue weighted by Crippen LogP contribution is -2.10. The third kappa shape index (κ3) is 1.75. The number of hydrogen-bond acceptors (Lipinski definition) is 2. The number of hydrogen-bond donors (Lipinski definition) is 1. The highest BCUT2D eigenvalue weighted by molar-refractivity contribution is 6.37. The van der Waals surface area contributed by atoms with Crippen molar-refractivity contribution >= 4 is 24.6 Å². The monoisotopic (exact) mass is 241 g/mol. The van der Waals surface area contributed by atoms with Gasteiger partial charge in [0.25, 0.3) is 0 Å². The highest BCUT2D eigenvalue weighted by Gasteiger charge is 2.37. The zero-order chi connectivity index (χ0) is 12.8. The van der Waals surface area contributed by atoms with Crippen LogP contribution in [0.4, 0.5) is 19.0 Å². The molecule has 0 aliphatic rings. The molecular weight excluding hydrogens is 230 g/mol. The van der Waals surface area contributed by atoms with Gasteiger partial charge in [0.1, 0.15) is 13.7 Å². The Morgan fingerprint density at radius 2 is 2.00 bits per heavy atom. The van der Waals surface area contributed by atoms with Crippen LogP contribution in [-0.4, -0.2) is 24.5 Å². The van der Waals surface area contributed by atoms with Crippen molar-refractivity contribution in [2.75, 3.05) is 12.4 Å². The van der Waals surface area contributed by atoms with E-state index in [4.69, 9.17) is 0 Å². The van der Waals surface area contributed by atoms with Crippen LogP contribution in [0.1, 0.15) is 11.3 Å². The highest BCUT2D eigenvalue weighted by atomic mass is 19.4. The largest absolute Gasteiger partial charge is 0.435 e. The lowest BCUT2D eigenvalue weighted by molar-refractivity contribution is -0.141. The van der Waals surface area contributed by atoms with Gasteiger partial charge in [0.05, 0.1) is 5.52 Å². The molecule has 90 valence electrons. The molecule has 0 bridgehead atoms. The summed E-state index contributed by atoms with van der Waals surface area (Å²) in [6.07, 6.45) is -4.42. The van der Waals surface area contributed by atoms with Crippen molar-refractivity contribution in [1.29, 1.82) is 0 Å². The molecule has 0 saturated carbocycles. The lowest BCUT2D eigenvalue weighted by Gasteiger charge is -2.05. The van der Waals surface area contributed by atoms with Gasteiger partial charge in [-0.2, -0.15) is 18.3 Å². The van der Waals surface area contributed by atoms with Crippen molar-refractivity contribution in [3.05, 3.63) is 23.4 Å². The molecule has 0 aliphatic heterocycles. The summed E-state index contributed by atoms with van der Waals surface area (Å²) >= 11 is 0. The molecule has 0 aromatic carbocycles. The zero-order valence-corrected chi connectivity index (χ0v) is 9.68. The molecule has 1 N–H and O–H groups in total. The van der Waals surface area contributed by atoms with Gasteiger partial charge in [0.15, 0.2) is 5.69 Å². The van der Waals surface area contributed by atoms with Crippen LogP contribution < -0.4 is 10.8 Å². The Bertz CT molecular complexity index is 574. The van der Waals surface area contributed by atoms with E-state index in [2.05, 4.69) is 10.4 Å². The van der Waals surface area contributed by atoms with E-state index >= 15 is 0 Å². The standard InChI is InChI=1S/C10H11BF3N3/c1-5-8-6(11)3-4-7(15-2)17(8)16-9(5)10(12,13)14/h3-4,15H,11H2,1-2H3. The first-order chi connectivity index (χ1) is 7.86. The molecule has 0 unspecified atom stereocenters. The van der Waals surface area contributed by atoms with Gasteiger partial charge in [-0.05, 0) is 13.0 Å². The predicted octanol–water partition coefficient (Wildman–Crippen LogP) is 0.962. The third-order valence-corrected chi connectivity index (χ3v) is 2.74. The molecule has 0 fully saturated rings. The zero-order valence-electron chi connectivity index (χ0n) is 9.68. The number of rotatable bonds is 1. The van der Waals surface area contributed by atoms with Crippen molar-refractivity contribution in [2.45, 2.75) is 13.1 Å². The van der Waals surface area contributed by atoms with Gasteiger partial charge in [-0.1, -0.05) is 11.5 Å². The van der Waals surface area contributed by atoms with E-state index in [0.717, 1.165) is 5.46 Å². The first kappa shape index (κ1) is 11.8. The van der Waals surface area contributed by atoms with Gasteiger partial charge in [-0.3, -0.25) is 0 Å². The van der Waals surface area contributed by atoms with Crippen molar-refractivity contribution in [3.8, 4) is 0 Å². The van der Waals surface area contributed by atoms with Gasteiger partial charge in [0.2, 0.25) is 0 Å². The van der Waals surface area contributed by atoms with E-state index in [1.807, 2.05) is 0 Å². The smallest absolute Gasteiger partial charge is 0.373 e. The SMILES string of the molecule is Bc1ccc(NC)n2nc(C(F)(F)F)c(C)c12. The number of fused-ring (bicyclic) bond motifs is 1. The Morgan fingerprint density at radius 1 is 1.35 bits per heavy atom. The molecule has 2 aromatic heterocycles. The van der Waals surface area contributed by atoms with Crippen LogP contribution in [0.2, 0.25) is 0 Å². The van der Waals surface area contributed by atoms with Gasteiger partial charge in [0, 0.05) is 12.6 Å². The summed E-state index contributed by atoms with van der Waals surface area (Å²) in [4.78, 5) is 0. The van der Waals surface area contributed by atoms with E-state index in [9.17, 15) is 13.2 Å². The fourth-order valence-corrected chi connectivity index (χ4v) is 1.95. The second-order valence-electron chi connectivity index (χ2n) is 3.88. The maximum atomic E-state index is 12.8. The molecular formula is C10H11BF3N3. The average molecular weight is 241 g/mol. The van der Waals surface area contributed by atoms with Crippen molar-refractivity contribution in [2.24, 2.45) is 0 Å². The van der Waals surface area contributed by atoms with Gasteiger partial charge in [-0.15, -0.1) is 0 Å². The Labute approximate surface area is 97.0 Å². The maximum Gasteiger partial charge on any atom is 0.435 e. The van der Waals surface area contributed by atoms with Crippen LogP contribution in [0.5, 0.6) is 0 Å². The Kier molecular flexibility index (Phi) is 2.56. The molecule has 7 heteroatoms. The van der Waals surface area contributed by atoms with Gasteiger partial charge in [-0.25, -0.2) is 4.52 Å². The van der Waals surface area contributed by atoms with Crippen molar-refractivity contribution < 1.29 is 13.2 Å². The van der Waals surface area contributed by atoms with Crippen LogP contribution >= 0.6 is 0 Å². The maximum absolute atomic E-state index is 12.8. The fraction of sp³-hybridized carbons (Fsp3) is 0.300. The van der Waals surface area contributed by atoms with Gasteiger partial charge >= 0.3 is 6.18 Å². The number of nitrogens with one attached hydrogen (secondary N) is 1. The molecule has 2 heterocycles. The summed E-state index contributed by atoms with van der Waals surface area (Å²) in [7, 11) is 3.41. The fourth-order valence-electron chi connectivity index (χ4n) is 1.95. The first-order valence-electron chi connectivity index (χ1n) is 5.10. The molecule has 2 rings (SSSR count). The van der Waals surface area contributed by atoms with E-state index in [0.29, 0.717) is 11.3 Å². The number of pyridine rings is 1. The molecule has 0 amide bonds. The highest BCUT2D eigenvalue weighted by Crippen LogP contribution is 2.32. The summed E-state index contributed by atoms with van der Waals surface area (Å²) in [5, 5.41) is 6.47. The lowest BCUT2D eigenvalue weighted by atomic mass is 9.94. The molecule has 0 aliphatic carbocycles. The van der Waals surface area contributed by atoms with Crippen LogP contribution in [-0.2, 0) is 6.18 Å². The van der Waals surface area contributed by atoms with E-state index in [1.54, 1.807) is 27.0 Å². The quantitative estimate of drug-likeness (QED) is 0.753. The number of nitrogens with zero attached hydrogens (tertiary/aromatic N) is 2. The second kappa shape index (κ2) is 3.68. The minimum absolute atomic E-state index is 0.159. The first-order valence-corrected chi connectivity index (χ1v) is 5.10. The third-order valence-electron chi connectivity index (χ3n) is 2.74. The van der Waals surface area contributed by atoms with E-state index < -0.39 is 11.9 Å². The minimum Gasteiger partial charge on any atom is -0.373 e. The minimum atomic E-state index is -4.42. The summed E-state index contributed by atoms with van der Waals surface area (Å²) in [5.41, 5.74) is 0.601. The number of alkyl halides is 3.